The van der Waals surface area contributed by atoms with Gasteiger partial charge in [-0.2, -0.15) is 4.98 Å². The summed E-state index contributed by atoms with van der Waals surface area (Å²) in [4.78, 5) is 7.35. The lowest BCUT2D eigenvalue weighted by Gasteiger charge is -2.24. The Kier molecular flexibility index (Phi) is 4.72. The predicted molar refractivity (Wildman–Crippen MR) is 107 cm³/mol. The molecule has 7 heteroatoms. The van der Waals surface area contributed by atoms with E-state index >= 15 is 0 Å². The molecule has 2 aliphatic rings. The Hall–Kier alpha value is -2.12. The third-order valence-electron chi connectivity index (χ3n) is 6.21. The van der Waals surface area contributed by atoms with Crippen molar-refractivity contribution in [3.05, 3.63) is 57.6 Å². The molecule has 0 amide bonds. The summed E-state index contributed by atoms with van der Waals surface area (Å²) in [5, 5.41) is 15.2. The summed E-state index contributed by atoms with van der Waals surface area (Å²) in [6.07, 6.45) is 5.30. The van der Waals surface area contributed by atoms with Gasteiger partial charge < -0.3 is 4.52 Å². The summed E-state index contributed by atoms with van der Waals surface area (Å²) in [7, 11) is 0. The normalized spacial score (nSPS) is 24.7. The maximum atomic E-state index is 5.83. The van der Waals surface area contributed by atoms with E-state index in [1.807, 2.05) is 18.2 Å². The zero-order valence-corrected chi connectivity index (χ0v) is 17.0. The summed E-state index contributed by atoms with van der Waals surface area (Å²) in [6, 6.07) is 10.3. The van der Waals surface area contributed by atoms with Gasteiger partial charge in [-0.3, -0.25) is 4.90 Å². The molecule has 1 aliphatic heterocycles. The van der Waals surface area contributed by atoms with Crippen molar-refractivity contribution in [1.82, 2.24) is 25.2 Å². The Morgan fingerprint density at radius 1 is 1.21 bits per heavy atom. The fourth-order valence-corrected chi connectivity index (χ4v) is 5.68. The van der Waals surface area contributed by atoms with Crippen molar-refractivity contribution in [3.8, 4) is 0 Å². The highest BCUT2D eigenvalue weighted by atomic mass is 32.1. The number of aryl methyl sites for hydroxylation is 1. The summed E-state index contributed by atoms with van der Waals surface area (Å²) < 4.78 is 5.83. The average molecular weight is 396 g/mol. The quantitative estimate of drug-likeness (QED) is 0.635. The van der Waals surface area contributed by atoms with E-state index in [0.717, 1.165) is 60.6 Å². The third kappa shape index (κ3) is 3.26. The van der Waals surface area contributed by atoms with Gasteiger partial charge in [0.25, 0.3) is 0 Å². The summed E-state index contributed by atoms with van der Waals surface area (Å²) >= 11 is 1.73. The molecule has 3 heterocycles. The number of fused-ring (bicyclic) bond motifs is 1. The third-order valence-corrected chi connectivity index (χ3v) is 7.26. The molecule has 0 N–H and O–H groups in total. The second-order valence-corrected chi connectivity index (χ2v) is 9.18. The van der Waals surface area contributed by atoms with Crippen molar-refractivity contribution >= 4 is 11.3 Å². The van der Waals surface area contributed by atoms with Crippen LogP contribution in [0.25, 0.3) is 0 Å². The fraction of sp³-hybridized carbons (Fsp3) is 0.524. The molecule has 28 heavy (non-hydrogen) atoms. The minimum Gasteiger partial charge on any atom is -0.339 e. The Morgan fingerprint density at radius 2 is 2.07 bits per heavy atom. The van der Waals surface area contributed by atoms with Crippen LogP contribution in [0.1, 0.15) is 53.5 Å². The second-order valence-electron chi connectivity index (χ2n) is 8.04. The topological polar surface area (TPSA) is 67.9 Å². The van der Waals surface area contributed by atoms with E-state index in [1.54, 1.807) is 11.3 Å². The number of benzene rings is 1. The highest BCUT2D eigenvalue weighted by Gasteiger charge is 2.54. The molecule has 146 valence electrons. The van der Waals surface area contributed by atoms with Gasteiger partial charge in [0.15, 0.2) is 5.82 Å². The Bertz CT molecular complexity index is 939. The van der Waals surface area contributed by atoms with Crippen LogP contribution < -0.4 is 0 Å². The van der Waals surface area contributed by atoms with Crippen molar-refractivity contribution in [2.24, 2.45) is 5.92 Å². The van der Waals surface area contributed by atoms with Gasteiger partial charge in [-0.05, 0) is 30.7 Å². The highest BCUT2D eigenvalue weighted by molar-refractivity contribution is 7.11. The van der Waals surface area contributed by atoms with Crippen LogP contribution in [0.3, 0.4) is 0 Å². The number of hydrogen-bond acceptors (Lipinski definition) is 7. The smallest absolute Gasteiger partial charge is 0.234 e. The van der Waals surface area contributed by atoms with E-state index in [1.165, 1.54) is 18.4 Å². The van der Waals surface area contributed by atoms with Gasteiger partial charge in [0.1, 0.15) is 10.0 Å². The highest BCUT2D eigenvalue weighted by Crippen LogP contribution is 2.50. The van der Waals surface area contributed by atoms with Crippen molar-refractivity contribution in [2.75, 3.05) is 13.1 Å². The van der Waals surface area contributed by atoms with E-state index in [0.29, 0.717) is 5.92 Å². The van der Waals surface area contributed by atoms with Crippen LogP contribution in [-0.2, 0) is 24.8 Å². The minimum atomic E-state index is 0.0141. The lowest BCUT2D eigenvalue weighted by atomic mass is 9.80. The molecule has 0 spiro atoms. The minimum absolute atomic E-state index is 0.0141. The SMILES string of the molecule is CCc1nnc(CN2C[C@H]3CCC[C@@]3(c3nc(Cc4ccccc4)no3)C2)s1. The maximum absolute atomic E-state index is 5.83. The van der Waals surface area contributed by atoms with Crippen LogP contribution in [0.4, 0.5) is 0 Å². The van der Waals surface area contributed by atoms with Gasteiger partial charge in [0.2, 0.25) is 5.89 Å². The molecular formula is C21H25N5OS. The van der Waals surface area contributed by atoms with Gasteiger partial charge in [0.05, 0.1) is 12.0 Å². The molecule has 2 fully saturated rings. The first-order valence-corrected chi connectivity index (χ1v) is 11.0. The van der Waals surface area contributed by atoms with Crippen molar-refractivity contribution in [2.45, 2.75) is 51.0 Å². The summed E-state index contributed by atoms with van der Waals surface area (Å²) in [6.45, 7) is 5.06. The molecule has 0 radical (unpaired) electrons. The van der Waals surface area contributed by atoms with Crippen LogP contribution in [0.15, 0.2) is 34.9 Å². The molecule has 1 saturated heterocycles. The van der Waals surface area contributed by atoms with Crippen molar-refractivity contribution < 1.29 is 4.52 Å². The van der Waals surface area contributed by atoms with E-state index in [4.69, 9.17) is 9.51 Å². The predicted octanol–water partition coefficient (Wildman–Crippen LogP) is 3.63. The Labute approximate surface area is 169 Å². The molecule has 2 aromatic heterocycles. The molecular weight excluding hydrogens is 370 g/mol. The van der Waals surface area contributed by atoms with Gasteiger partial charge in [0, 0.05) is 19.5 Å². The Balaban J connectivity index is 1.33. The average Bonchev–Trinajstić information content (AvgIpc) is 3.46. The zero-order valence-electron chi connectivity index (χ0n) is 16.2. The van der Waals surface area contributed by atoms with Gasteiger partial charge in [-0.15, -0.1) is 21.5 Å². The molecule has 2 atom stereocenters. The molecule has 3 aromatic rings. The monoisotopic (exact) mass is 395 g/mol. The van der Waals surface area contributed by atoms with Crippen LogP contribution in [-0.4, -0.2) is 38.3 Å². The molecule has 1 aromatic carbocycles. The maximum Gasteiger partial charge on any atom is 0.234 e. The number of rotatable bonds is 6. The molecule has 1 saturated carbocycles. The molecule has 6 nitrogen and oxygen atoms in total. The number of aromatic nitrogens is 4. The van der Waals surface area contributed by atoms with E-state index in [9.17, 15) is 0 Å². The Morgan fingerprint density at radius 3 is 2.89 bits per heavy atom. The number of hydrogen-bond donors (Lipinski definition) is 0. The molecule has 1 aliphatic carbocycles. The molecule has 5 rings (SSSR count). The zero-order chi connectivity index (χ0) is 19.0. The van der Waals surface area contributed by atoms with Gasteiger partial charge in [-0.1, -0.05) is 48.8 Å². The van der Waals surface area contributed by atoms with Crippen molar-refractivity contribution in [1.29, 1.82) is 0 Å². The lowest BCUT2D eigenvalue weighted by Crippen LogP contribution is -2.32. The summed E-state index contributed by atoms with van der Waals surface area (Å²) in [5.41, 5.74) is 1.23. The standard InChI is InChI=1S/C21H25N5OS/c1-2-18-23-24-19(28-18)13-26-12-16-9-6-10-21(16,14-26)20-22-17(25-27-20)11-15-7-4-3-5-8-15/h3-5,7-8,16H,2,6,9-14H2,1H3/t16-,21-/m1/s1. The first-order valence-electron chi connectivity index (χ1n) is 10.2. The van der Waals surface area contributed by atoms with Crippen LogP contribution in [0.2, 0.25) is 0 Å². The van der Waals surface area contributed by atoms with E-state index in [2.05, 4.69) is 39.3 Å². The number of likely N-dealkylation sites (tertiary alicyclic amines) is 1. The first-order chi connectivity index (χ1) is 13.7. The van der Waals surface area contributed by atoms with Crippen LogP contribution in [0.5, 0.6) is 0 Å². The lowest BCUT2D eigenvalue weighted by molar-refractivity contribution is 0.244. The van der Waals surface area contributed by atoms with E-state index < -0.39 is 0 Å². The van der Waals surface area contributed by atoms with E-state index in [-0.39, 0.29) is 5.41 Å². The second kappa shape index (κ2) is 7.37. The largest absolute Gasteiger partial charge is 0.339 e. The fourth-order valence-electron chi connectivity index (χ4n) is 4.86. The van der Waals surface area contributed by atoms with Crippen molar-refractivity contribution in [3.63, 3.8) is 0 Å². The first kappa shape index (κ1) is 17.9. The molecule has 0 unspecified atom stereocenters. The molecule has 0 bridgehead atoms. The van der Waals surface area contributed by atoms with Gasteiger partial charge in [-0.25, -0.2) is 0 Å². The number of nitrogens with zero attached hydrogens (tertiary/aromatic N) is 5. The van der Waals surface area contributed by atoms with Gasteiger partial charge >= 0.3 is 0 Å². The summed E-state index contributed by atoms with van der Waals surface area (Å²) in [5.74, 6) is 2.22. The van der Waals surface area contributed by atoms with Crippen LogP contribution >= 0.6 is 11.3 Å². The van der Waals surface area contributed by atoms with Crippen LogP contribution in [0, 0.1) is 5.92 Å².